The number of rotatable bonds is 7. The zero-order chi connectivity index (χ0) is 11.1. The van der Waals surface area contributed by atoms with Crippen LogP contribution >= 0.6 is 0 Å². The van der Waals surface area contributed by atoms with Crippen molar-refractivity contribution in [1.29, 1.82) is 0 Å². The lowest BCUT2D eigenvalue weighted by atomic mass is 9.89. The van der Waals surface area contributed by atoms with Crippen molar-refractivity contribution in [1.82, 2.24) is 0 Å². The van der Waals surface area contributed by atoms with Crippen LogP contribution in [0.4, 0.5) is 0 Å². The molecule has 3 nitrogen and oxygen atoms in total. The number of nitrogens with two attached hydrogens (primary N) is 1. The van der Waals surface area contributed by atoms with E-state index < -0.39 is 5.91 Å². The summed E-state index contributed by atoms with van der Waals surface area (Å²) in [4.78, 5) is 10.8. The standard InChI is InChI=1S/C11H21NO2/c1-4-6-10(13)9(5-2)7-8(3)11(12)14/h9-10,13H,3-7H2,1-2H3,(H2,12,14). The van der Waals surface area contributed by atoms with Gasteiger partial charge in [0.15, 0.2) is 0 Å². The molecule has 0 aliphatic heterocycles. The molecular weight excluding hydrogens is 178 g/mol. The molecule has 0 rings (SSSR count). The molecule has 0 saturated heterocycles. The zero-order valence-corrected chi connectivity index (χ0v) is 9.12. The van der Waals surface area contributed by atoms with E-state index in [1.165, 1.54) is 0 Å². The van der Waals surface area contributed by atoms with Crippen molar-refractivity contribution < 1.29 is 9.90 Å². The first-order valence-corrected chi connectivity index (χ1v) is 5.18. The second kappa shape index (κ2) is 6.60. The van der Waals surface area contributed by atoms with Gasteiger partial charge in [-0.3, -0.25) is 4.79 Å². The average molecular weight is 199 g/mol. The van der Waals surface area contributed by atoms with Gasteiger partial charge in [0.25, 0.3) is 0 Å². The predicted molar refractivity (Wildman–Crippen MR) is 57.6 cm³/mol. The number of carbonyl (C=O) groups is 1. The van der Waals surface area contributed by atoms with Crippen LogP contribution < -0.4 is 5.73 Å². The van der Waals surface area contributed by atoms with E-state index in [0.717, 1.165) is 19.3 Å². The smallest absolute Gasteiger partial charge is 0.244 e. The fourth-order valence-electron chi connectivity index (χ4n) is 1.50. The highest BCUT2D eigenvalue weighted by atomic mass is 16.3. The van der Waals surface area contributed by atoms with E-state index in [1.807, 2.05) is 13.8 Å². The van der Waals surface area contributed by atoms with Crippen molar-refractivity contribution in [3.8, 4) is 0 Å². The van der Waals surface area contributed by atoms with Crippen molar-refractivity contribution in [2.24, 2.45) is 11.7 Å². The van der Waals surface area contributed by atoms with Crippen LogP contribution in [-0.4, -0.2) is 17.1 Å². The topological polar surface area (TPSA) is 63.3 Å². The van der Waals surface area contributed by atoms with Gasteiger partial charge in [-0.1, -0.05) is 33.3 Å². The fourth-order valence-corrected chi connectivity index (χ4v) is 1.50. The van der Waals surface area contributed by atoms with Crippen LogP contribution in [0.5, 0.6) is 0 Å². The maximum Gasteiger partial charge on any atom is 0.244 e. The third-order valence-corrected chi connectivity index (χ3v) is 2.51. The molecule has 1 amide bonds. The summed E-state index contributed by atoms with van der Waals surface area (Å²) in [5, 5.41) is 9.75. The molecule has 2 unspecified atom stereocenters. The van der Waals surface area contributed by atoms with E-state index in [9.17, 15) is 9.90 Å². The summed E-state index contributed by atoms with van der Waals surface area (Å²) in [6, 6.07) is 0. The molecule has 0 aromatic heterocycles. The highest BCUT2D eigenvalue weighted by molar-refractivity contribution is 5.91. The van der Waals surface area contributed by atoms with Crippen molar-refractivity contribution in [2.45, 2.75) is 45.6 Å². The lowest BCUT2D eigenvalue weighted by Crippen LogP contribution is -2.23. The number of hydrogen-bond acceptors (Lipinski definition) is 2. The Hall–Kier alpha value is -0.830. The lowest BCUT2D eigenvalue weighted by Gasteiger charge is -2.21. The molecule has 3 heteroatoms. The SMILES string of the molecule is C=C(CC(CC)C(O)CCC)C(N)=O. The van der Waals surface area contributed by atoms with Gasteiger partial charge < -0.3 is 10.8 Å². The Morgan fingerprint density at radius 3 is 2.43 bits per heavy atom. The summed E-state index contributed by atoms with van der Waals surface area (Å²) in [7, 11) is 0. The molecule has 0 fully saturated rings. The largest absolute Gasteiger partial charge is 0.393 e. The number of aliphatic hydroxyl groups excluding tert-OH is 1. The van der Waals surface area contributed by atoms with E-state index in [-0.39, 0.29) is 12.0 Å². The third kappa shape index (κ3) is 4.42. The molecule has 3 N–H and O–H groups in total. The summed E-state index contributed by atoms with van der Waals surface area (Å²) in [6.07, 6.45) is 2.72. The maximum atomic E-state index is 10.8. The summed E-state index contributed by atoms with van der Waals surface area (Å²) < 4.78 is 0. The fraction of sp³-hybridized carbons (Fsp3) is 0.727. The highest BCUT2D eigenvalue weighted by Crippen LogP contribution is 2.20. The van der Waals surface area contributed by atoms with Gasteiger partial charge in [-0.2, -0.15) is 0 Å². The van der Waals surface area contributed by atoms with Crippen LogP contribution in [0.3, 0.4) is 0 Å². The lowest BCUT2D eigenvalue weighted by molar-refractivity contribution is -0.114. The normalized spacial score (nSPS) is 14.8. The van der Waals surface area contributed by atoms with E-state index in [2.05, 4.69) is 6.58 Å². The molecule has 2 atom stereocenters. The molecule has 0 aromatic carbocycles. The molecule has 0 bridgehead atoms. The van der Waals surface area contributed by atoms with Crippen LogP contribution in [-0.2, 0) is 4.79 Å². The molecule has 0 radical (unpaired) electrons. The van der Waals surface area contributed by atoms with Gasteiger partial charge in [0.05, 0.1) is 6.10 Å². The predicted octanol–water partition coefficient (Wildman–Crippen LogP) is 1.61. The van der Waals surface area contributed by atoms with E-state index in [1.54, 1.807) is 0 Å². The van der Waals surface area contributed by atoms with Gasteiger partial charge in [-0.15, -0.1) is 0 Å². The van der Waals surface area contributed by atoms with Gasteiger partial charge in [0.1, 0.15) is 0 Å². The van der Waals surface area contributed by atoms with Crippen molar-refractivity contribution in [2.75, 3.05) is 0 Å². The minimum absolute atomic E-state index is 0.106. The molecule has 82 valence electrons. The Balaban J connectivity index is 4.14. The van der Waals surface area contributed by atoms with Crippen LogP contribution in [0.1, 0.15) is 39.5 Å². The summed E-state index contributed by atoms with van der Waals surface area (Å²) in [5.41, 5.74) is 5.50. The number of amides is 1. The molecule has 0 heterocycles. The Morgan fingerprint density at radius 1 is 1.50 bits per heavy atom. The van der Waals surface area contributed by atoms with Crippen molar-refractivity contribution in [3.05, 3.63) is 12.2 Å². The molecule has 0 saturated carbocycles. The second-order valence-electron chi connectivity index (χ2n) is 3.70. The van der Waals surface area contributed by atoms with E-state index in [0.29, 0.717) is 12.0 Å². The Morgan fingerprint density at radius 2 is 2.07 bits per heavy atom. The molecule has 0 aliphatic carbocycles. The minimum atomic E-state index is -0.466. The van der Waals surface area contributed by atoms with E-state index >= 15 is 0 Å². The van der Waals surface area contributed by atoms with Gasteiger partial charge >= 0.3 is 0 Å². The highest BCUT2D eigenvalue weighted by Gasteiger charge is 2.18. The third-order valence-electron chi connectivity index (χ3n) is 2.51. The van der Waals surface area contributed by atoms with Crippen LogP contribution in [0, 0.1) is 5.92 Å². The van der Waals surface area contributed by atoms with E-state index in [4.69, 9.17) is 5.73 Å². The van der Waals surface area contributed by atoms with Gasteiger partial charge in [0.2, 0.25) is 5.91 Å². The van der Waals surface area contributed by atoms with Crippen LogP contribution in [0.25, 0.3) is 0 Å². The molecule has 0 spiro atoms. The molecular formula is C11H21NO2. The molecule has 0 aromatic rings. The maximum absolute atomic E-state index is 10.8. The van der Waals surface area contributed by atoms with Gasteiger partial charge in [-0.05, 0) is 18.8 Å². The number of aliphatic hydroxyl groups is 1. The second-order valence-corrected chi connectivity index (χ2v) is 3.70. The first-order chi connectivity index (χ1) is 6.52. The summed E-state index contributed by atoms with van der Waals surface area (Å²) in [5.74, 6) is -0.359. The van der Waals surface area contributed by atoms with Gasteiger partial charge in [-0.25, -0.2) is 0 Å². The first kappa shape index (κ1) is 13.2. The number of hydrogen-bond donors (Lipinski definition) is 2. The quantitative estimate of drug-likeness (QED) is 0.612. The molecule has 14 heavy (non-hydrogen) atoms. The zero-order valence-electron chi connectivity index (χ0n) is 9.12. The van der Waals surface area contributed by atoms with Crippen molar-refractivity contribution >= 4 is 5.91 Å². The van der Waals surface area contributed by atoms with Crippen LogP contribution in [0.15, 0.2) is 12.2 Å². The molecule has 0 aliphatic rings. The van der Waals surface area contributed by atoms with Gasteiger partial charge in [0, 0.05) is 5.57 Å². The van der Waals surface area contributed by atoms with Crippen molar-refractivity contribution in [3.63, 3.8) is 0 Å². The summed E-state index contributed by atoms with van der Waals surface area (Å²) in [6.45, 7) is 7.62. The Kier molecular flexibility index (Phi) is 6.21. The Labute approximate surface area is 86.0 Å². The number of carbonyl (C=O) groups excluding carboxylic acids is 1. The minimum Gasteiger partial charge on any atom is -0.393 e. The van der Waals surface area contributed by atoms with Crippen LogP contribution in [0.2, 0.25) is 0 Å². The number of primary amides is 1. The first-order valence-electron chi connectivity index (χ1n) is 5.18. The summed E-state index contributed by atoms with van der Waals surface area (Å²) >= 11 is 0. The average Bonchev–Trinajstić information content (AvgIpc) is 2.13. The Bertz CT molecular complexity index is 201. The monoisotopic (exact) mass is 199 g/mol.